The molecule has 0 aliphatic heterocycles. The van der Waals surface area contributed by atoms with Crippen LogP contribution in [0.5, 0.6) is 0 Å². The minimum Gasteiger partial charge on any atom is -0.365 e. The molecule has 1 atom stereocenters. The van der Waals surface area contributed by atoms with Crippen molar-refractivity contribution < 1.29 is 9.53 Å². The maximum Gasteiger partial charge on any atom is 0.201 e. The van der Waals surface area contributed by atoms with Crippen LogP contribution in [0, 0.1) is 0 Å². The van der Waals surface area contributed by atoms with Gasteiger partial charge in [-0.15, -0.1) is 22.7 Å². The van der Waals surface area contributed by atoms with Crippen LogP contribution in [0.2, 0.25) is 4.34 Å². The van der Waals surface area contributed by atoms with Crippen molar-refractivity contribution in [2.45, 2.75) is 19.6 Å². The van der Waals surface area contributed by atoms with E-state index < -0.39 is 6.10 Å². The molecule has 0 fully saturated rings. The fourth-order valence-corrected chi connectivity index (χ4v) is 3.01. The largest absolute Gasteiger partial charge is 0.365 e. The fourth-order valence-electron chi connectivity index (χ4n) is 1.32. The summed E-state index contributed by atoms with van der Waals surface area (Å²) in [5.74, 6) is -0.0153. The smallest absolute Gasteiger partial charge is 0.201 e. The molecule has 0 aromatic carbocycles. The van der Waals surface area contributed by atoms with Gasteiger partial charge in [0, 0.05) is 4.88 Å². The highest BCUT2D eigenvalue weighted by molar-refractivity contribution is 7.18. The van der Waals surface area contributed by atoms with Gasteiger partial charge >= 0.3 is 0 Å². The molecule has 1 unspecified atom stereocenters. The molecule has 0 N–H and O–H groups in total. The van der Waals surface area contributed by atoms with Crippen molar-refractivity contribution >= 4 is 40.1 Å². The Kier molecular flexibility index (Phi) is 4.34. The predicted octanol–water partition coefficient (Wildman–Crippen LogP) is 4.25. The summed E-state index contributed by atoms with van der Waals surface area (Å²) in [6.45, 7) is 2.24. The van der Waals surface area contributed by atoms with Crippen molar-refractivity contribution in [3.8, 4) is 0 Å². The molecule has 2 rings (SSSR count). The normalized spacial score (nSPS) is 12.6. The summed E-state index contributed by atoms with van der Waals surface area (Å²) in [4.78, 5) is 13.7. The Hall–Kier alpha value is -0.680. The molecule has 90 valence electrons. The lowest BCUT2D eigenvalue weighted by Crippen LogP contribution is -2.19. The average molecular weight is 287 g/mol. The summed E-state index contributed by atoms with van der Waals surface area (Å²) in [6, 6.07) is 7.42. The lowest BCUT2D eigenvalue weighted by atomic mass is 10.2. The van der Waals surface area contributed by atoms with Crippen molar-refractivity contribution in [1.29, 1.82) is 0 Å². The Morgan fingerprint density at radius 3 is 2.88 bits per heavy atom. The maximum atomic E-state index is 11.9. The Morgan fingerprint density at radius 2 is 2.29 bits per heavy atom. The van der Waals surface area contributed by atoms with E-state index in [1.54, 1.807) is 30.4 Å². The predicted molar refractivity (Wildman–Crippen MR) is 72.2 cm³/mol. The first kappa shape index (κ1) is 12.8. The SMILES string of the molecule is CC(OCc1cccs1)C(=O)c1ccc(Cl)s1. The monoisotopic (exact) mass is 286 g/mol. The van der Waals surface area contributed by atoms with E-state index in [-0.39, 0.29) is 5.78 Å². The molecule has 0 bridgehead atoms. The summed E-state index contributed by atoms with van der Waals surface area (Å²) < 4.78 is 6.16. The van der Waals surface area contributed by atoms with Crippen molar-refractivity contribution in [1.82, 2.24) is 0 Å². The summed E-state index contributed by atoms with van der Waals surface area (Å²) in [5, 5.41) is 1.99. The van der Waals surface area contributed by atoms with E-state index >= 15 is 0 Å². The lowest BCUT2D eigenvalue weighted by molar-refractivity contribution is 0.0424. The number of ether oxygens (including phenoxy) is 1. The van der Waals surface area contributed by atoms with E-state index in [0.29, 0.717) is 15.8 Å². The van der Waals surface area contributed by atoms with E-state index in [9.17, 15) is 4.79 Å². The zero-order chi connectivity index (χ0) is 12.3. The van der Waals surface area contributed by atoms with Gasteiger partial charge in [-0.2, -0.15) is 0 Å². The first-order valence-electron chi connectivity index (χ1n) is 5.10. The van der Waals surface area contributed by atoms with Crippen LogP contribution in [-0.4, -0.2) is 11.9 Å². The quantitative estimate of drug-likeness (QED) is 0.768. The lowest BCUT2D eigenvalue weighted by Gasteiger charge is -2.09. The number of thiophene rings is 2. The number of Topliss-reactive ketones (excluding diaryl/α,β-unsaturated/α-hetero) is 1. The minimum absolute atomic E-state index is 0.0153. The Morgan fingerprint density at radius 1 is 1.47 bits per heavy atom. The fraction of sp³-hybridized carbons (Fsp3) is 0.250. The molecule has 0 aliphatic carbocycles. The van der Waals surface area contributed by atoms with E-state index in [0.717, 1.165) is 4.88 Å². The van der Waals surface area contributed by atoms with Gasteiger partial charge in [-0.05, 0) is 30.5 Å². The van der Waals surface area contributed by atoms with Crippen LogP contribution < -0.4 is 0 Å². The Labute approximate surface area is 113 Å². The third-order valence-electron chi connectivity index (χ3n) is 2.24. The standard InChI is InChI=1S/C12H11ClO2S2/c1-8(15-7-9-3-2-6-16-9)12(14)10-4-5-11(13)17-10/h2-6,8H,7H2,1H3. The molecular weight excluding hydrogens is 276 g/mol. The molecule has 2 nitrogen and oxygen atoms in total. The van der Waals surface area contributed by atoms with E-state index in [4.69, 9.17) is 16.3 Å². The van der Waals surface area contributed by atoms with Gasteiger partial charge in [0.15, 0.2) is 0 Å². The first-order chi connectivity index (χ1) is 8.16. The van der Waals surface area contributed by atoms with Crippen molar-refractivity contribution in [2.75, 3.05) is 0 Å². The minimum atomic E-state index is -0.438. The molecule has 0 aliphatic rings. The molecule has 2 heterocycles. The third kappa shape index (κ3) is 3.39. The Bertz CT molecular complexity index is 490. The number of rotatable bonds is 5. The highest BCUT2D eigenvalue weighted by Crippen LogP contribution is 2.23. The summed E-state index contributed by atoms with van der Waals surface area (Å²) in [6.07, 6.45) is -0.438. The van der Waals surface area contributed by atoms with Gasteiger partial charge < -0.3 is 4.74 Å². The molecule has 0 saturated heterocycles. The number of ketones is 1. The third-order valence-corrected chi connectivity index (χ3v) is 4.34. The maximum absolute atomic E-state index is 11.9. The second-order valence-electron chi connectivity index (χ2n) is 3.50. The second kappa shape index (κ2) is 5.78. The zero-order valence-corrected chi connectivity index (χ0v) is 11.6. The van der Waals surface area contributed by atoms with Crippen molar-refractivity contribution in [3.63, 3.8) is 0 Å². The molecule has 2 aromatic heterocycles. The zero-order valence-electron chi connectivity index (χ0n) is 9.18. The molecule has 17 heavy (non-hydrogen) atoms. The van der Waals surface area contributed by atoms with Gasteiger partial charge in [0.2, 0.25) is 5.78 Å². The van der Waals surface area contributed by atoms with Gasteiger partial charge in [0.05, 0.1) is 15.8 Å². The van der Waals surface area contributed by atoms with Crippen molar-refractivity contribution in [3.05, 3.63) is 43.7 Å². The van der Waals surface area contributed by atoms with Gasteiger partial charge in [0.25, 0.3) is 0 Å². The average Bonchev–Trinajstić information content (AvgIpc) is 2.95. The molecule has 5 heteroatoms. The number of hydrogen-bond acceptors (Lipinski definition) is 4. The summed E-state index contributed by atoms with van der Waals surface area (Å²) in [7, 11) is 0. The number of halogens is 1. The summed E-state index contributed by atoms with van der Waals surface area (Å²) >= 11 is 8.70. The van der Waals surface area contributed by atoms with Gasteiger partial charge in [0.1, 0.15) is 6.10 Å². The number of carbonyl (C=O) groups is 1. The van der Waals surface area contributed by atoms with Crippen LogP contribution in [0.15, 0.2) is 29.6 Å². The highest BCUT2D eigenvalue weighted by Gasteiger charge is 2.17. The van der Waals surface area contributed by atoms with E-state index in [1.165, 1.54) is 11.3 Å². The molecule has 0 spiro atoms. The van der Waals surface area contributed by atoms with Crippen LogP contribution >= 0.6 is 34.3 Å². The number of carbonyl (C=O) groups excluding carboxylic acids is 1. The van der Waals surface area contributed by atoms with E-state index in [2.05, 4.69) is 0 Å². The van der Waals surface area contributed by atoms with Crippen LogP contribution in [0.3, 0.4) is 0 Å². The van der Waals surface area contributed by atoms with Crippen LogP contribution in [0.1, 0.15) is 21.5 Å². The van der Waals surface area contributed by atoms with Gasteiger partial charge in [-0.25, -0.2) is 0 Å². The summed E-state index contributed by atoms with van der Waals surface area (Å²) in [5.41, 5.74) is 0. The van der Waals surface area contributed by atoms with Crippen LogP contribution in [-0.2, 0) is 11.3 Å². The van der Waals surface area contributed by atoms with Crippen molar-refractivity contribution in [2.24, 2.45) is 0 Å². The molecule has 0 radical (unpaired) electrons. The van der Waals surface area contributed by atoms with Crippen LogP contribution in [0.25, 0.3) is 0 Å². The second-order valence-corrected chi connectivity index (χ2v) is 6.25. The Balaban J connectivity index is 1.91. The van der Waals surface area contributed by atoms with E-state index in [1.807, 2.05) is 17.5 Å². The molecule has 0 saturated carbocycles. The topological polar surface area (TPSA) is 26.3 Å². The molecular formula is C12H11ClO2S2. The number of hydrogen-bond donors (Lipinski definition) is 0. The van der Waals surface area contributed by atoms with Gasteiger partial charge in [-0.1, -0.05) is 17.7 Å². The highest BCUT2D eigenvalue weighted by atomic mass is 35.5. The van der Waals surface area contributed by atoms with Gasteiger partial charge in [-0.3, -0.25) is 4.79 Å². The molecule has 0 amide bonds. The first-order valence-corrected chi connectivity index (χ1v) is 7.18. The molecule has 2 aromatic rings. The van der Waals surface area contributed by atoms with Crippen LogP contribution in [0.4, 0.5) is 0 Å².